The first-order valence-corrected chi connectivity index (χ1v) is 12.7. The number of nitrogens with zero attached hydrogens (tertiary/aromatic N) is 2. The topological polar surface area (TPSA) is 87.1 Å². The molecule has 34 heavy (non-hydrogen) atoms. The van der Waals surface area contributed by atoms with Crippen LogP contribution < -0.4 is 4.90 Å². The third kappa shape index (κ3) is 3.49. The summed E-state index contributed by atoms with van der Waals surface area (Å²) in [5.74, 6) is -2.27. The summed E-state index contributed by atoms with van der Waals surface area (Å²) in [6.07, 6.45) is 8.86. The molecule has 0 aromatic heterocycles. The third-order valence-electron chi connectivity index (χ3n) is 7.22. The molecule has 1 spiro atoms. The minimum Gasteiger partial charge on any atom is -0.465 e. The maximum absolute atomic E-state index is 14.1. The van der Waals surface area contributed by atoms with Gasteiger partial charge in [0.05, 0.1) is 23.2 Å². The third-order valence-corrected chi connectivity index (χ3v) is 9.26. The minimum absolute atomic E-state index is 0.0990. The van der Waals surface area contributed by atoms with Gasteiger partial charge in [-0.3, -0.25) is 14.4 Å². The van der Waals surface area contributed by atoms with E-state index in [-0.39, 0.29) is 31.6 Å². The molecule has 5 atom stereocenters. The molecule has 0 radical (unpaired) electrons. The highest BCUT2D eigenvalue weighted by molar-refractivity contribution is 8.02. The lowest BCUT2D eigenvalue weighted by Crippen LogP contribution is -2.53. The number of anilines is 1. The average molecular weight is 503 g/mol. The van der Waals surface area contributed by atoms with Gasteiger partial charge in [0, 0.05) is 35.2 Å². The number of aliphatic hydroxyl groups is 1. The Hall–Kier alpha value is -2.29. The van der Waals surface area contributed by atoms with Crippen molar-refractivity contribution in [2.24, 2.45) is 11.8 Å². The highest BCUT2D eigenvalue weighted by Gasteiger charge is 2.73. The van der Waals surface area contributed by atoms with E-state index in [1.54, 1.807) is 34.1 Å². The van der Waals surface area contributed by atoms with Gasteiger partial charge in [0.2, 0.25) is 5.91 Å². The van der Waals surface area contributed by atoms with Gasteiger partial charge in [-0.2, -0.15) is 0 Å². The molecule has 5 rings (SSSR count). The second kappa shape index (κ2) is 8.73. The van der Waals surface area contributed by atoms with Gasteiger partial charge in [-0.1, -0.05) is 35.9 Å². The monoisotopic (exact) mass is 502 g/mol. The molecule has 0 saturated carbocycles. The number of ether oxygens (including phenoxy) is 1. The number of benzene rings is 1. The first-order chi connectivity index (χ1) is 16.3. The van der Waals surface area contributed by atoms with Crippen LogP contribution in [0.2, 0.25) is 5.02 Å². The highest BCUT2D eigenvalue weighted by Crippen LogP contribution is 2.65. The van der Waals surface area contributed by atoms with Crippen LogP contribution >= 0.6 is 23.4 Å². The molecule has 4 heterocycles. The number of esters is 1. The van der Waals surface area contributed by atoms with E-state index in [1.807, 2.05) is 31.2 Å². The number of thioether (sulfide) groups is 1. The minimum atomic E-state index is -0.919. The van der Waals surface area contributed by atoms with Crippen molar-refractivity contribution < 1.29 is 24.2 Å². The maximum Gasteiger partial charge on any atom is 0.311 e. The van der Waals surface area contributed by atoms with E-state index >= 15 is 0 Å². The average Bonchev–Trinajstić information content (AvgIpc) is 3.12. The number of carbonyl (C=O) groups is 3. The Morgan fingerprint density at radius 2 is 1.88 bits per heavy atom. The predicted molar refractivity (Wildman–Crippen MR) is 131 cm³/mol. The van der Waals surface area contributed by atoms with Crippen LogP contribution in [0, 0.1) is 11.8 Å². The molecule has 9 heteroatoms. The lowest BCUT2D eigenvalue weighted by Gasteiger charge is -2.37. The second-order valence-corrected chi connectivity index (χ2v) is 11.5. The van der Waals surface area contributed by atoms with E-state index in [2.05, 4.69) is 0 Å². The van der Waals surface area contributed by atoms with Gasteiger partial charge in [-0.25, -0.2) is 0 Å². The molecule has 1 N–H and O–H groups in total. The fourth-order valence-electron chi connectivity index (χ4n) is 5.82. The number of amides is 2. The Labute approximate surface area is 207 Å². The van der Waals surface area contributed by atoms with Crippen LogP contribution in [0.25, 0.3) is 0 Å². The number of halogens is 1. The molecule has 7 nitrogen and oxygen atoms in total. The van der Waals surface area contributed by atoms with Crippen molar-refractivity contribution in [1.29, 1.82) is 0 Å². The second-order valence-electron chi connectivity index (χ2n) is 9.29. The Bertz CT molecular complexity index is 1080. The van der Waals surface area contributed by atoms with Crippen molar-refractivity contribution in [1.82, 2.24) is 4.90 Å². The van der Waals surface area contributed by atoms with Crippen molar-refractivity contribution in [3.63, 3.8) is 0 Å². The molecule has 1 aromatic rings. The zero-order valence-electron chi connectivity index (χ0n) is 18.9. The summed E-state index contributed by atoms with van der Waals surface area (Å²) < 4.78 is 3.92. The number of rotatable bonds is 4. The van der Waals surface area contributed by atoms with E-state index in [0.717, 1.165) is 0 Å². The molecule has 0 bridgehead atoms. The van der Waals surface area contributed by atoms with Gasteiger partial charge < -0.3 is 19.6 Å². The van der Waals surface area contributed by atoms with Crippen molar-refractivity contribution in [2.45, 2.75) is 35.3 Å². The molecule has 4 aliphatic heterocycles. The van der Waals surface area contributed by atoms with Crippen LogP contribution in [0.3, 0.4) is 0 Å². The van der Waals surface area contributed by atoms with Crippen LogP contribution in [0.5, 0.6) is 0 Å². The predicted octanol–water partition coefficient (Wildman–Crippen LogP) is 2.82. The molecule has 2 saturated heterocycles. The van der Waals surface area contributed by atoms with E-state index in [0.29, 0.717) is 30.1 Å². The van der Waals surface area contributed by atoms with Crippen LogP contribution in [0.4, 0.5) is 5.69 Å². The quantitative estimate of drug-likeness (QED) is 0.503. The Morgan fingerprint density at radius 3 is 2.62 bits per heavy atom. The van der Waals surface area contributed by atoms with Gasteiger partial charge in [-0.15, -0.1) is 11.8 Å². The zero-order chi connectivity index (χ0) is 24.1. The molecule has 1 unspecified atom stereocenters. The summed E-state index contributed by atoms with van der Waals surface area (Å²) in [6.45, 7) is 2.72. The molecule has 4 aliphatic rings. The van der Waals surface area contributed by atoms with E-state index in [4.69, 9.17) is 16.3 Å². The van der Waals surface area contributed by atoms with Crippen LogP contribution in [-0.4, -0.2) is 69.6 Å². The number of hydrogen-bond acceptors (Lipinski definition) is 6. The number of likely N-dealkylation sites (tertiary alicyclic amines) is 1. The SMILES string of the molecule is C[C@@]12C=CCCOC(=O)[C@@H]1[C@H]1C(=O)N(CCCO)C3C(=O)N(c4ccc(Cl)cc4)CC=C[C@@]31S2. The molecule has 180 valence electrons. The number of aliphatic hydroxyl groups excluding tert-OH is 1. The molecule has 0 aliphatic carbocycles. The molecular weight excluding hydrogens is 476 g/mol. The van der Waals surface area contributed by atoms with Gasteiger partial charge in [-0.05, 0) is 44.0 Å². The summed E-state index contributed by atoms with van der Waals surface area (Å²) in [6, 6.07) is 6.23. The lowest BCUT2D eigenvalue weighted by molar-refractivity contribution is -0.154. The Morgan fingerprint density at radius 1 is 1.12 bits per heavy atom. The van der Waals surface area contributed by atoms with E-state index in [1.165, 1.54) is 11.8 Å². The number of hydrogen-bond donors (Lipinski definition) is 1. The van der Waals surface area contributed by atoms with Gasteiger partial charge >= 0.3 is 5.97 Å². The van der Waals surface area contributed by atoms with Crippen molar-refractivity contribution >= 4 is 46.8 Å². The first-order valence-electron chi connectivity index (χ1n) is 11.5. The molecule has 2 amide bonds. The normalized spacial score (nSPS) is 34.8. The summed E-state index contributed by atoms with van der Waals surface area (Å²) in [5, 5.41) is 10.0. The molecular formula is C25H27ClN2O5S. The van der Waals surface area contributed by atoms with Gasteiger partial charge in [0.1, 0.15) is 6.04 Å². The van der Waals surface area contributed by atoms with Crippen molar-refractivity contribution in [2.75, 3.05) is 31.2 Å². The number of fused-ring (bicyclic) bond motifs is 2. The summed E-state index contributed by atoms with van der Waals surface area (Å²) >= 11 is 7.57. The highest BCUT2D eigenvalue weighted by atomic mass is 35.5. The lowest BCUT2D eigenvalue weighted by atomic mass is 9.74. The fraction of sp³-hybridized carbons (Fsp3) is 0.480. The standard InChI is InChI=1S/C25H27ClN2O5S/c1-24-10-2-3-15-33-23(32)19(24)18-21(30)28(13-5-14-29)20-22(31)27(12-4-11-25(18,20)34-24)17-8-6-16(26)7-9-17/h2,4,6-11,18-20,29H,3,5,12-15H2,1H3/t18-,19-,20?,24+,25-/m0/s1. The molecule has 2 fully saturated rings. The van der Waals surface area contributed by atoms with Crippen LogP contribution in [0.15, 0.2) is 48.6 Å². The largest absolute Gasteiger partial charge is 0.465 e. The summed E-state index contributed by atoms with van der Waals surface area (Å²) in [5.41, 5.74) is 0.689. The summed E-state index contributed by atoms with van der Waals surface area (Å²) in [7, 11) is 0. The zero-order valence-corrected chi connectivity index (χ0v) is 20.4. The van der Waals surface area contributed by atoms with E-state index in [9.17, 15) is 19.5 Å². The van der Waals surface area contributed by atoms with Crippen molar-refractivity contribution in [3.8, 4) is 0 Å². The molecule has 1 aromatic carbocycles. The first kappa shape index (κ1) is 23.5. The number of cyclic esters (lactones) is 1. The number of carbonyl (C=O) groups excluding carboxylic acids is 3. The van der Waals surface area contributed by atoms with Gasteiger partial charge in [0.15, 0.2) is 0 Å². The summed E-state index contributed by atoms with van der Waals surface area (Å²) in [4.78, 5) is 44.5. The van der Waals surface area contributed by atoms with Gasteiger partial charge in [0.25, 0.3) is 5.91 Å². The van der Waals surface area contributed by atoms with Crippen molar-refractivity contribution in [3.05, 3.63) is 53.6 Å². The van der Waals surface area contributed by atoms with Crippen LogP contribution in [-0.2, 0) is 19.1 Å². The Balaban J connectivity index is 1.63. The van der Waals surface area contributed by atoms with Crippen LogP contribution in [0.1, 0.15) is 19.8 Å². The smallest absolute Gasteiger partial charge is 0.311 e. The Kier molecular flexibility index (Phi) is 6.02. The maximum atomic E-state index is 14.1. The van der Waals surface area contributed by atoms with E-state index < -0.39 is 33.3 Å². The fourth-order valence-corrected chi connectivity index (χ4v) is 8.10.